The Kier molecular flexibility index (Phi) is 3.65. The van der Waals surface area contributed by atoms with Gasteiger partial charge in [0.15, 0.2) is 4.96 Å². The van der Waals surface area contributed by atoms with Crippen molar-refractivity contribution in [1.29, 1.82) is 0 Å². The molecule has 3 aromatic heterocycles. The third-order valence-corrected chi connectivity index (χ3v) is 5.89. The first-order chi connectivity index (χ1) is 13.1. The van der Waals surface area contributed by atoms with Gasteiger partial charge >= 0.3 is 0 Å². The quantitative estimate of drug-likeness (QED) is 0.583. The molecule has 1 N–H and O–H groups in total. The molecular weight excluding hydrogens is 358 g/mol. The molecule has 0 radical (unpaired) electrons. The van der Waals surface area contributed by atoms with Gasteiger partial charge in [-0.05, 0) is 31.0 Å². The molecule has 0 saturated heterocycles. The van der Waals surface area contributed by atoms with Crippen LogP contribution in [0.25, 0.3) is 10.6 Å². The van der Waals surface area contributed by atoms with Crippen LogP contribution in [0, 0.1) is 13.8 Å². The van der Waals surface area contributed by atoms with E-state index in [-0.39, 0.29) is 11.8 Å². The summed E-state index contributed by atoms with van der Waals surface area (Å²) in [5.74, 6) is -0.0301. The van der Waals surface area contributed by atoms with Crippen molar-refractivity contribution in [3.05, 3.63) is 70.2 Å². The van der Waals surface area contributed by atoms with Gasteiger partial charge in [-0.25, -0.2) is 9.67 Å². The Bertz CT molecular complexity index is 1150. The number of aromatic nitrogens is 4. The van der Waals surface area contributed by atoms with Gasteiger partial charge in [0.05, 0.1) is 23.6 Å². The number of amides is 1. The Morgan fingerprint density at radius 2 is 2.15 bits per heavy atom. The van der Waals surface area contributed by atoms with E-state index in [0.717, 1.165) is 33.2 Å². The molecule has 4 heterocycles. The first-order valence-electron chi connectivity index (χ1n) is 8.94. The van der Waals surface area contributed by atoms with Gasteiger partial charge in [-0.1, -0.05) is 17.7 Å². The molecule has 0 bridgehead atoms. The second kappa shape index (κ2) is 6.06. The molecule has 7 heteroatoms. The summed E-state index contributed by atoms with van der Waals surface area (Å²) in [6.45, 7) is 4.67. The predicted molar refractivity (Wildman–Crippen MR) is 104 cm³/mol. The Balaban J connectivity index is 1.80. The van der Waals surface area contributed by atoms with Crippen LogP contribution in [0.15, 0.2) is 42.2 Å². The number of benzene rings is 1. The third kappa shape index (κ3) is 2.57. The lowest BCUT2D eigenvalue weighted by Gasteiger charge is -2.21. The van der Waals surface area contributed by atoms with Gasteiger partial charge in [-0.3, -0.25) is 9.20 Å². The van der Waals surface area contributed by atoms with E-state index in [1.807, 2.05) is 28.5 Å². The minimum absolute atomic E-state index is 0.0487. The highest BCUT2D eigenvalue weighted by molar-refractivity contribution is 7.15. The topological polar surface area (TPSA) is 64.2 Å². The molecule has 0 saturated carbocycles. The highest BCUT2D eigenvalue weighted by Crippen LogP contribution is 2.38. The molecule has 0 unspecified atom stereocenters. The summed E-state index contributed by atoms with van der Waals surface area (Å²) in [5, 5.41) is 9.51. The summed E-state index contributed by atoms with van der Waals surface area (Å²) < 4.78 is 4.04. The van der Waals surface area contributed by atoms with Crippen molar-refractivity contribution >= 4 is 22.2 Å². The summed E-state index contributed by atoms with van der Waals surface area (Å²) >= 11 is 1.62. The van der Waals surface area contributed by atoms with E-state index in [1.54, 1.807) is 17.5 Å². The lowest BCUT2D eigenvalue weighted by molar-refractivity contribution is -0.121. The van der Waals surface area contributed by atoms with Crippen molar-refractivity contribution in [2.45, 2.75) is 32.7 Å². The molecule has 0 aliphatic carbocycles. The van der Waals surface area contributed by atoms with Gasteiger partial charge in [0.25, 0.3) is 0 Å². The average molecular weight is 377 g/mol. The summed E-state index contributed by atoms with van der Waals surface area (Å²) in [6, 6.07) is 6.27. The Morgan fingerprint density at radius 3 is 2.96 bits per heavy atom. The van der Waals surface area contributed by atoms with Crippen molar-refractivity contribution in [2.24, 2.45) is 0 Å². The van der Waals surface area contributed by atoms with Crippen LogP contribution in [-0.2, 0) is 11.3 Å². The third-order valence-electron chi connectivity index (χ3n) is 5.13. The van der Waals surface area contributed by atoms with E-state index in [9.17, 15) is 4.79 Å². The molecule has 27 heavy (non-hydrogen) atoms. The molecule has 1 amide bonds. The van der Waals surface area contributed by atoms with Gasteiger partial charge < -0.3 is 5.32 Å². The number of thiazole rings is 1. The highest BCUT2D eigenvalue weighted by atomic mass is 32.1. The Hall–Kier alpha value is -2.93. The number of carbonyl (C=O) groups excluding carboxylic acids is 1. The first-order valence-corrected chi connectivity index (χ1v) is 9.82. The molecule has 4 aromatic rings. The van der Waals surface area contributed by atoms with Crippen LogP contribution >= 0.6 is 11.3 Å². The van der Waals surface area contributed by atoms with E-state index in [4.69, 9.17) is 4.98 Å². The molecule has 1 aliphatic heterocycles. The van der Waals surface area contributed by atoms with Crippen molar-refractivity contribution in [3.8, 4) is 5.69 Å². The number of aryl methyl sites for hydroxylation is 2. The van der Waals surface area contributed by atoms with Crippen LogP contribution in [0.5, 0.6) is 0 Å². The van der Waals surface area contributed by atoms with Crippen LogP contribution in [0.4, 0.5) is 0 Å². The lowest BCUT2D eigenvalue weighted by Crippen LogP contribution is -2.22. The van der Waals surface area contributed by atoms with Crippen LogP contribution < -0.4 is 5.32 Å². The molecule has 136 valence electrons. The van der Waals surface area contributed by atoms with E-state index >= 15 is 0 Å². The Labute approximate surface area is 160 Å². The maximum absolute atomic E-state index is 12.5. The predicted octanol–water partition coefficient (Wildman–Crippen LogP) is 3.35. The Morgan fingerprint density at radius 1 is 1.26 bits per heavy atom. The van der Waals surface area contributed by atoms with E-state index in [1.165, 1.54) is 5.56 Å². The second-order valence-corrected chi connectivity index (χ2v) is 7.88. The number of imidazole rings is 1. The molecule has 0 fully saturated rings. The number of carbonyl (C=O) groups is 1. The fourth-order valence-corrected chi connectivity index (χ4v) is 4.85. The zero-order valence-electron chi connectivity index (χ0n) is 15.1. The van der Waals surface area contributed by atoms with Crippen LogP contribution in [-0.4, -0.2) is 25.1 Å². The molecule has 5 rings (SSSR count). The lowest BCUT2D eigenvalue weighted by atomic mass is 9.87. The van der Waals surface area contributed by atoms with Crippen molar-refractivity contribution < 1.29 is 4.79 Å². The van der Waals surface area contributed by atoms with E-state index in [0.29, 0.717) is 13.0 Å². The molecule has 6 nitrogen and oxygen atoms in total. The van der Waals surface area contributed by atoms with Crippen molar-refractivity contribution in [2.75, 3.05) is 0 Å². The smallest absolute Gasteiger partial charge is 0.221 e. The zero-order chi connectivity index (χ0) is 18.5. The molecular formula is C20H19N5OS. The number of nitrogens with zero attached hydrogens (tertiary/aromatic N) is 4. The van der Waals surface area contributed by atoms with Crippen molar-refractivity contribution in [3.63, 3.8) is 0 Å². The fourth-order valence-electron chi connectivity index (χ4n) is 4.11. The average Bonchev–Trinajstić information content (AvgIpc) is 3.33. The summed E-state index contributed by atoms with van der Waals surface area (Å²) in [6.07, 6.45) is 6.18. The molecule has 1 aromatic carbocycles. The standard InChI is InChI=1S/C20H19N5OS/c1-12-8-13(2)18(25-5-3-4-22-25)14(9-12)15-10-17(26)21-11-16-19(15)24-6-7-27-20(24)23-16/h3-9,15H,10-11H2,1-2H3,(H,21,26)/t15-/m1/s1. The highest BCUT2D eigenvalue weighted by Gasteiger charge is 2.31. The summed E-state index contributed by atoms with van der Waals surface area (Å²) in [4.78, 5) is 18.2. The van der Waals surface area contributed by atoms with Gasteiger partial charge in [0.2, 0.25) is 5.91 Å². The maximum atomic E-state index is 12.5. The largest absolute Gasteiger partial charge is 0.350 e. The minimum atomic E-state index is -0.0788. The number of fused-ring (bicyclic) bond motifs is 3. The minimum Gasteiger partial charge on any atom is -0.350 e. The number of hydrogen-bond acceptors (Lipinski definition) is 4. The van der Waals surface area contributed by atoms with E-state index in [2.05, 4.69) is 40.8 Å². The number of hydrogen-bond donors (Lipinski definition) is 1. The SMILES string of the molecule is Cc1cc(C)c(-n2cccn2)c([C@H]2CC(=O)NCc3nc4sccn4c32)c1. The number of nitrogens with one attached hydrogen (secondary N) is 1. The normalized spacial score (nSPS) is 17.0. The fraction of sp³-hybridized carbons (Fsp3) is 0.250. The van der Waals surface area contributed by atoms with Crippen LogP contribution in [0.1, 0.15) is 40.4 Å². The van der Waals surface area contributed by atoms with Crippen molar-refractivity contribution in [1.82, 2.24) is 24.5 Å². The molecule has 1 aliphatic rings. The van der Waals surface area contributed by atoms with E-state index < -0.39 is 0 Å². The second-order valence-electron chi connectivity index (χ2n) is 7.00. The summed E-state index contributed by atoms with van der Waals surface area (Å²) in [7, 11) is 0. The monoisotopic (exact) mass is 377 g/mol. The first kappa shape index (κ1) is 16.3. The van der Waals surface area contributed by atoms with Gasteiger partial charge in [-0.15, -0.1) is 11.3 Å². The van der Waals surface area contributed by atoms with Crippen LogP contribution in [0.3, 0.4) is 0 Å². The maximum Gasteiger partial charge on any atom is 0.221 e. The molecule has 1 atom stereocenters. The van der Waals surface area contributed by atoms with Gasteiger partial charge in [0, 0.05) is 36.3 Å². The van der Waals surface area contributed by atoms with Crippen LogP contribution in [0.2, 0.25) is 0 Å². The zero-order valence-corrected chi connectivity index (χ0v) is 16.0. The number of rotatable bonds is 2. The van der Waals surface area contributed by atoms with Gasteiger partial charge in [-0.2, -0.15) is 5.10 Å². The summed E-state index contributed by atoms with van der Waals surface area (Å²) in [5.41, 5.74) is 6.52. The molecule has 0 spiro atoms. The van der Waals surface area contributed by atoms with Gasteiger partial charge in [0.1, 0.15) is 0 Å².